The molecule has 1 aromatic rings. The standard InChI is InChI=1S/C22H26O3/c1-12(23)25-19-20(2)6-5-15-16-4-3-13-9-14(24)10-17(18(13)15)21(19)7-8-22(16,20)11-21/h9-10,15-16,19,24H,3-8,11H2,1-2H3/t15?,16?,19-,20-,21+,22-/m1/s1. The van der Waals surface area contributed by atoms with Crippen LogP contribution in [0.4, 0.5) is 0 Å². The van der Waals surface area contributed by atoms with Gasteiger partial charge < -0.3 is 9.84 Å². The highest BCUT2D eigenvalue weighted by molar-refractivity contribution is 5.67. The third-order valence-electron chi connectivity index (χ3n) is 9.20. The first-order chi connectivity index (χ1) is 11.9. The number of rotatable bonds is 2. The van der Waals surface area contributed by atoms with E-state index in [0.29, 0.717) is 17.1 Å². The van der Waals surface area contributed by atoms with Crippen molar-refractivity contribution in [2.75, 3.05) is 0 Å². The van der Waals surface area contributed by atoms with Crippen LogP contribution in [-0.2, 0) is 21.4 Å². The number of phenolic OH excluding ortho intramolecular Hbond substituents is 1. The quantitative estimate of drug-likeness (QED) is 0.822. The molecule has 2 bridgehead atoms. The van der Waals surface area contributed by atoms with E-state index in [1.54, 1.807) is 6.92 Å². The van der Waals surface area contributed by atoms with Crippen molar-refractivity contribution in [2.24, 2.45) is 16.7 Å². The number of ether oxygens (including phenoxy) is 1. The maximum Gasteiger partial charge on any atom is 0.302 e. The van der Waals surface area contributed by atoms with E-state index in [-0.39, 0.29) is 22.9 Å². The summed E-state index contributed by atoms with van der Waals surface area (Å²) in [4.78, 5) is 12.0. The Morgan fingerprint density at radius 2 is 2.08 bits per heavy atom. The molecule has 0 aliphatic heterocycles. The van der Waals surface area contributed by atoms with Gasteiger partial charge in [0.2, 0.25) is 0 Å². The Bertz CT molecular complexity index is 829. The predicted molar refractivity (Wildman–Crippen MR) is 93.5 cm³/mol. The summed E-state index contributed by atoms with van der Waals surface area (Å²) in [5.74, 6) is 1.64. The van der Waals surface area contributed by atoms with Crippen LogP contribution in [0.25, 0.3) is 0 Å². The summed E-state index contributed by atoms with van der Waals surface area (Å²) in [6.45, 7) is 3.98. The van der Waals surface area contributed by atoms with Crippen molar-refractivity contribution in [2.45, 2.75) is 76.2 Å². The van der Waals surface area contributed by atoms with Gasteiger partial charge in [-0.3, -0.25) is 4.79 Å². The number of benzene rings is 1. The third-order valence-corrected chi connectivity index (χ3v) is 9.20. The average molecular weight is 338 g/mol. The summed E-state index contributed by atoms with van der Waals surface area (Å²) in [5.41, 5.74) is 4.59. The smallest absolute Gasteiger partial charge is 0.302 e. The van der Waals surface area contributed by atoms with Crippen LogP contribution in [0.5, 0.6) is 5.75 Å². The molecule has 2 unspecified atom stereocenters. The number of aromatic hydroxyl groups is 1. The largest absolute Gasteiger partial charge is 0.508 e. The zero-order valence-electron chi connectivity index (χ0n) is 15.1. The molecule has 0 amide bonds. The molecule has 6 rings (SSSR count). The summed E-state index contributed by atoms with van der Waals surface area (Å²) in [6.07, 6.45) is 8.23. The van der Waals surface area contributed by atoms with Gasteiger partial charge in [-0.05, 0) is 91.0 Å². The molecule has 4 fully saturated rings. The first kappa shape index (κ1) is 14.6. The summed E-state index contributed by atoms with van der Waals surface area (Å²) in [6, 6.07) is 4.04. The normalized spacial score (nSPS) is 47.7. The van der Waals surface area contributed by atoms with Crippen LogP contribution >= 0.6 is 0 Å². The van der Waals surface area contributed by atoms with Crippen molar-refractivity contribution in [3.63, 3.8) is 0 Å². The van der Waals surface area contributed by atoms with Crippen molar-refractivity contribution in [1.82, 2.24) is 0 Å². The molecule has 0 radical (unpaired) electrons. The van der Waals surface area contributed by atoms with E-state index in [1.807, 2.05) is 12.1 Å². The van der Waals surface area contributed by atoms with Crippen molar-refractivity contribution in [3.8, 4) is 5.75 Å². The van der Waals surface area contributed by atoms with Gasteiger partial charge in [-0.15, -0.1) is 0 Å². The van der Waals surface area contributed by atoms with Gasteiger partial charge >= 0.3 is 5.97 Å². The first-order valence-electron chi connectivity index (χ1n) is 9.95. The average Bonchev–Trinajstić information content (AvgIpc) is 3.04. The highest BCUT2D eigenvalue weighted by atomic mass is 16.5. The van der Waals surface area contributed by atoms with Crippen LogP contribution in [-0.4, -0.2) is 17.2 Å². The van der Waals surface area contributed by atoms with Gasteiger partial charge in [0.15, 0.2) is 0 Å². The van der Waals surface area contributed by atoms with Crippen LogP contribution in [0.1, 0.15) is 75.0 Å². The van der Waals surface area contributed by atoms with Gasteiger partial charge in [-0.1, -0.05) is 6.92 Å². The second-order valence-corrected chi connectivity index (χ2v) is 9.75. The molecular weight excluding hydrogens is 312 g/mol. The number of aryl methyl sites for hydroxylation is 1. The Balaban J connectivity index is 1.72. The number of carbonyl (C=O) groups excluding carboxylic acids is 1. The zero-order chi connectivity index (χ0) is 17.2. The van der Waals surface area contributed by atoms with Crippen LogP contribution in [0, 0.1) is 16.7 Å². The fourth-order valence-electron chi connectivity index (χ4n) is 8.60. The zero-order valence-corrected chi connectivity index (χ0v) is 15.1. The van der Waals surface area contributed by atoms with Crippen LogP contribution in [0.15, 0.2) is 12.1 Å². The summed E-state index contributed by atoms with van der Waals surface area (Å²) in [5, 5.41) is 10.5. The summed E-state index contributed by atoms with van der Waals surface area (Å²) in [7, 11) is 0. The lowest BCUT2D eigenvalue weighted by atomic mass is 9.44. The summed E-state index contributed by atoms with van der Waals surface area (Å²) < 4.78 is 6.12. The maximum absolute atomic E-state index is 12.0. The Hall–Kier alpha value is -1.51. The second-order valence-electron chi connectivity index (χ2n) is 9.75. The molecule has 6 atom stereocenters. The fraction of sp³-hybridized carbons (Fsp3) is 0.682. The van der Waals surface area contributed by atoms with Gasteiger partial charge in [0, 0.05) is 17.8 Å². The number of carbonyl (C=O) groups is 1. The lowest BCUT2D eigenvalue weighted by Gasteiger charge is -2.61. The molecule has 1 N–H and O–H groups in total. The molecule has 25 heavy (non-hydrogen) atoms. The van der Waals surface area contributed by atoms with Gasteiger partial charge in [0.25, 0.3) is 0 Å². The molecule has 5 aliphatic carbocycles. The van der Waals surface area contributed by atoms with Crippen LogP contribution in [0.3, 0.4) is 0 Å². The van der Waals surface area contributed by atoms with E-state index < -0.39 is 0 Å². The molecule has 1 aromatic carbocycles. The van der Waals surface area contributed by atoms with Crippen molar-refractivity contribution < 1.29 is 14.6 Å². The minimum Gasteiger partial charge on any atom is -0.508 e. The number of phenols is 1. The lowest BCUT2D eigenvalue weighted by molar-refractivity contribution is -0.175. The maximum atomic E-state index is 12.0. The number of esters is 1. The molecule has 5 aliphatic rings. The van der Waals surface area contributed by atoms with Crippen LogP contribution in [0.2, 0.25) is 0 Å². The molecular formula is C22H26O3. The minimum absolute atomic E-state index is 0.0264. The number of hydrogen-bond acceptors (Lipinski definition) is 3. The predicted octanol–water partition coefficient (Wildman–Crippen LogP) is 4.21. The molecule has 3 nitrogen and oxygen atoms in total. The molecule has 0 aromatic heterocycles. The number of hydrogen-bond donors (Lipinski definition) is 1. The van der Waals surface area contributed by atoms with Crippen molar-refractivity contribution >= 4 is 5.97 Å². The van der Waals surface area contributed by atoms with E-state index in [9.17, 15) is 9.90 Å². The van der Waals surface area contributed by atoms with E-state index >= 15 is 0 Å². The van der Waals surface area contributed by atoms with E-state index in [2.05, 4.69) is 6.92 Å². The Labute approximate surface area is 148 Å². The lowest BCUT2D eigenvalue weighted by Crippen LogP contribution is -2.58. The van der Waals surface area contributed by atoms with Crippen LogP contribution < -0.4 is 0 Å². The van der Waals surface area contributed by atoms with Gasteiger partial charge in [0.05, 0.1) is 0 Å². The molecule has 0 heterocycles. The molecule has 0 saturated heterocycles. The molecule has 1 spiro atoms. The highest BCUT2D eigenvalue weighted by Crippen LogP contribution is 2.82. The van der Waals surface area contributed by atoms with Gasteiger partial charge in [0.1, 0.15) is 11.9 Å². The van der Waals surface area contributed by atoms with E-state index in [4.69, 9.17) is 4.74 Å². The van der Waals surface area contributed by atoms with Gasteiger partial charge in [-0.25, -0.2) is 0 Å². The third kappa shape index (κ3) is 1.35. The van der Waals surface area contributed by atoms with Crippen molar-refractivity contribution in [1.29, 1.82) is 0 Å². The first-order valence-corrected chi connectivity index (χ1v) is 9.95. The fourth-order valence-corrected chi connectivity index (χ4v) is 8.60. The Morgan fingerprint density at radius 1 is 1.24 bits per heavy atom. The SMILES string of the molecule is CC(=O)O[C@H]1[C@@]23c4cc(O)cc5c4C4CC[C@@]1(C)[C@](CC2)(C3)C4CC5. The number of fused-ring (bicyclic) bond motifs is 4. The van der Waals surface area contributed by atoms with Crippen molar-refractivity contribution in [3.05, 3.63) is 28.8 Å². The topological polar surface area (TPSA) is 46.5 Å². The van der Waals surface area contributed by atoms with Gasteiger partial charge in [-0.2, -0.15) is 0 Å². The van der Waals surface area contributed by atoms with E-state index in [0.717, 1.165) is 25.2 Å². The minimum atomic E-state index is -0.147. The summed E-state index contributed by atoms with van der Waals surface area (Å²) >= 11 is 0. The molecule has 3 heteroatoms. The molecule has 132 valence electrons. The highest BCUT2D eigenvalue weighted by Gasteiger charge is 2.78. The second kappa shape index (κ2) is 4.07. The molecule has 4 saturated carbocycles. The van der Waals surface area contributed by atoms with E-state index in [1.165, 1.54) is 42.4 Å². The Morgan fingerprint density at radius 3 is 2.88 bits per heavy atom. The Kier molecular flexibility index (Phi) is 2.39. The monoisotopic (exact) mass is 338 g/mol.